The fourth-order valence-corrected chi connectivity index (χ4v) is 3.35. The first-order valence-electron chi connectivity index (χ1n) is 9.23. The van der Waals surface area contributed by atoms with Crippen LogP contribution in [0.25, 0.3) is 0 Å². The van der Waals surface area contributed by atoms with E-state index in [0.29, 0.717) is 5.01 Å². The maximum atomic E-state index is 11.9. The molecular formula is C15H26ClN3O12. The highest BCUT2D eigenvalue weighted by Gasteiger charge is 2.58. The highest BCUT2D eigenvalue weighted by Crippen LogP contribution is 2.35. The smallest absolute Gasteiger partial charge is 0.340 e. The van der Waals surface area contributed by atoms with Crippen LogP contribution in [-0.2, 0) is 14.2 Å². The lowest BCUT2D eigenvalue weighted by molar-refractivity contribution is -0.383. The van der Waals surface area contributed by atoms with Crippen molar-refractivity contribution in [2.45, 2.75) is 54.8 Å². The molecule has 16 heteroatoms. The van der Waals surface area contributed by atoms with E-state index >= 15 is 0 Å². The molecule has 9 atom stereocenters. The molecule has 2 amide bonds. The van der Waals surface area contributed by atoms with Crippen molar-refractivity contribution in [3.63, 3.8) is 0 Å². The Morgan fingerprint density at radius 1 is 1.10 bits per heavy atom. The molecule has 0 bridgehead atoms. The van der Waals surface area contributed by atoms with Crippen molar-refractivity contribution in [3.05, 3.63) is 4.91 Å². The molecule has 2 aliphatic heterocycles. The van der Waals surface area contributed by atoms with Crippen molar-refractivity contribution in [1.82, 2.24) is 10.3 Å². The van der Waals surface area contributed by atoms with Crippen LogP contribution in [0.3, 0.4) is 0 Å². The number of nitrogens with zero attached hydrogens (tertiary/aromatic N) is 2. The Labute approximate surface area is 180 Å². The molecule has 0 unspecified atom stereocenters. The van der Waals surface area contributed by atoms with E-state index < -0.39 is 80.6 Å². The summed E-state index contributed by atoms with van der Waals surface area (Å²) in [6.07, 6.45) is -13.4. The number of halogens is 1. The molecule has 2 rings (SSSR count). The third kappa shape index (κ3) is 5.40. The predicted octanol–water partition coefficient (Wildman–Crippen LogP) is -4.46. The molecule has 0 aromatic heterocycles. The first-order valence-corrected chi connectivity index (χ1v) is 9.77. The maximum absolute atomic E-state index is 11.9. The van der Waals surface area contributed by atoms with Crippen LogP contribution < -0.4 is 5.32 Å². The molecule has 2 aliphatic rings. The summed E-state index contributed by atoms with van der Waals surface area (Å²) in [6, 6.07) is -0.961. The second-order valence-electron chi connectivity index (χ2n) is 6.96. The average Bonchev–Trinajstić information content (AvgIpc) is 3.01. The number of carbonyl (C=O) groups is 1. The highest BCUT2D eigenvalue weighted by molar-refractivity contribution is 6.18. The van der Waals surface area contributed by atoms with Crippen molar-refractivity contribution in [3.8, 4) is 0 Å². The van der Waals surface area contributed by atoms with E-state index in [1.165, 1.54) is 0 Å². The summed E-state index contributed by atoms with van der Waals surface area (Å²) in [4.78, 5) is 22.5. The zero-order chi connectivity index (χ0) is 23.3. The number of ether oxygens (including phenoxy) is 3. The van der Waals surface area contributed by atoms with Gasteiger partial charge in [0.05, 0.1) is 18.4 Å². The minimum atomic E-state index is -2.36. The van der Waals surface area contributed by atoms with E-state index in [4.69, 9.17) is 25.8 Å². The van der Waals surface area contributed by atoms with Gasteiger partial charge in [0, 0.05) is 12.4 Å². The normalized spacial score (nSPS) is 40.5. The quantitative estimate of drug-likeness (QED) is 0.0896. The van der Waals surface area contributed by atoms with E-state index in [9.17, 15) is 45.4 Å². The number of rotatable bonds is 9. The fraction of sp³-hybridized carbons (Fsp3) is 0.933. The first kappa shape index (κ1) is 26.0. The molecule has 0 aromatic rings. The molecule has 8 N–H and O–H groups in total. The number of nitrogens with one attached hydrogen (secondary N) is 1. The minimum absolute atomic E-state index is 0.0685. The zero-order valence-electron chi connectivity index (χ0n) is 16.1. The largest absolute Gasteiger partial charge is 0.394 e. The Balaban J connectivity index is 2.08. The lowest BCUT2D eigenvalue weighted by atomic mass is 9.99. The standard InChI is InChI=1S/C15H26ClN3O12/c16-1-2-19(18-28)14(27)17-3-6-9(23)12(26)15(5-21,30-6)31-13-11(25)10(24)8(22)7(4-20)29-13/h6-13,20-26H,1-5H2,(H,17,27)/t6-,7-,8-,9-,10+,11-,12+,13-,15+/m1/s1. The van der Waals surface area contributed by atoms with Gasteiger partial charge in [-0.2, -0.15) is 5.01 Å². The number of aliphatic hydroxyl groups is 7. The molecule has 0 aromatic carbocycles. The van der Waals surface area contributed by atoms with E-state index in [1.54, 1.807) is 0 Å². The molecule has 2 saturated heterocycles. The number of hydrogen-bond acceptors (Lipinski definition) is 13. The highest BCUT2D eigenvalue weighted by atomic mass is 35.5. The summed E-state index contributed by atoms with van der Waals surface area (Å²) >= 11 is 5.45. The van der Waals surface area contributed by atoms with Crippen molar-refractivity contribution in [2.24, 2.45) is 5.29 Å². The molecule has 0 radical (unpaired) electrons. The number of alkyl halides is 1. The van der Waals surface area contributed by atoms with E-state index in [0.717, 1.165) is 0 Å². The minimum Gasteiger partial charge on any atom is -0.394 e. The lowest BCUT2D eigenvalue weighted by Crippen LogP contribution is -2.62. The number of urea groups is 1. The van der Waals surface area contributed by atoms with Crippen LogP contribution in [0, 0.1) is 4.91 Å². The zero-order valence-corrected chi connectivity index (χ0v) is 16.9. The maximum Gasteiger partial charge on any atom is 0.340 e. The van der Waals surface area contributed by atoms with Crippen LogP contribution in [-0.4, -0.2) is 134 Å². The van der Waals surface area contributed by atoms with Crippen molar-refractivity contribution >= 4 is 17.6 Å². The Bertz CT molecular complexity index is 618. The number of nitroso groups, excluding NO2 is 1. The predicted molar refractivity (Wildman–Crippen MR) is 98.2 cm³/mol. The molecular weight excluding hydrogens is 450 g/mol. The SMILES string of the molecule is O=NN(CCCl)C(=O)NC[C@H]1O[C@@](CO)(O[C@H]2O[C@H](CO)[C@@H](O)[C@H](O)[C@H]2O)[C@@H](O)[C@@H]1O. The van der Waals surface area contributed by atoms with Gasteiger partial charge in [0.25, 0.3) is 0 Å². The molecule has 0 saturated carbocycles. The summed E-state index contributed by atoms with van der Waals surface area (Å²) in [6.45, 7) is -2.44. The number of carbonyl (C=O) groups excluding carboxylic acids is 1. The third-order valence-electron chi connectivity index (χ3n) is 4.97. The number of hydrogen-bond donors (Lipinski definition) is 8. The summed E-state index contributed by atoms with van der Waals surface area (Å²) in [7, 11) is 0. The Morgan fingerprint density at radius 2 is 1.77 bits per heavy atom. The van der Waals surface area contributed by atoms with Crippen molar-refractivity contribution < 1.29 is 54.8 Å². The Morgan fingerprint density at radius 3 is 2.32 bits per heavy atom. The van der Waals surface area contributed by atoms with Gasteiger partial charge in [-0.25, -0.2) is 4.79 Å². The lowest BCUT2D eigenvalue weighted by Gasteiger charge is -2.43. The Hall–Kier alpha value is -1.24. The molecule has 2 fully saturated rings. The molecule has 15 nitrogen and oxygen atoms in total. The van der Waals surface area contributed by atoms with Crippen LogP contribution in [0.4, 0.5) is 4.79 Å². The van der Waals surface area contributed by atoms with Gasteiger partial charge in [0.2, 0.25) is 5.79 Å². The van der Waals surface area contributed by atoms with Gasteiger partial charge in [-0.05, 0) is 0 Å². The summed E-state index contributed by atoms with van der Waals surface area (Å²) in [5.74, 6) is -2.43. The van der Waals surface area contributed by atoms with Crippen molar-refractivity contribution in [2.75, 3.05) is 32.2 Å². The van der Waals surface area contributed by atoms with Crippen LogP contribution in [0.15, 0.2) is 5.29 Å². The number of amides is 2. The third-order valence-corrected chi connectivity index (χ3v) is 5.14. The topological polar surface area (TPSA) is 231 Å². The van der Waals surface area contributed by atoms with Gasteiger partial charge in [-0.3, -0.25) is 0 Å². The van der Waals surface area contributed by atoms with Gasteiger partial charge in [-0.1, -0.05) is 0 Å². The monoisotopic (exact) mass is 475 g/mol. The van der Waals surface area contributed by atoms with Gasteiger partial charge >= 0.3 is 6.03 Å². The van der Waals surface area contributed by atoms with Gasteiger partial charge in [-0.15, -0.1) is 16.5 Å². The second-order valence-corrected chi connectivity index (χ2v) is 7.33. The van der Waals surface area contributed by atoms with Crippen LogP contribution >= 0.6 is 11.6 Å². The molecule has 0 aliphatic carbocycles. The van der Waals surface area contributed by atoms with Gasteiger partial charge < -0.3 is 55.3 Å². The molecule has 2 heterocycles. The second kappa shape index (κ2) is 11.1. The van der Waals surface area contributed by atoms with E-state index in [1.807, 2.05) is 0 Å². The van der Waals surface area contributed by atoms with Gasteiger partial charge in [0.15, 0.2) is 6.29 Å². The Kier molecular flexibility index (Phi) is 9.28. The average molecular weight is 476 g/mol. The van der Waals surface area contributed by atoms with Gasteiger partial charge in [0.1, 0.15) is 49.3 Å². The number of aliphatic hydroxyl groups excluding tert-OH is 7. The van der Waals surface area contributed by atoms with Crippen LogP contribution in [0.2, 0.25) is 0 Å². The van der Waals surface area contributed by atoms with Crippen LogP contribution in [0.1, 0.15) is 0 Å². The molecule has 0 spiro atoms. The van der Waals surface area contributed by atoms with E-state index in [-0.39, 0.29) is 12.4 Å². The van der Waals surface area contributed by atoms with Crippen molar-refractivity contribution in [1.29, 1.82) is 0 Å². The van der Waals surface area contributed by atoms with Crippen LogP contribution in [0.5, 0.6) is 0 Å². The summed E-state index contributed by atoms with van der Waals surface area (Å²) in [5.41, 5.74) is 0. The fourth-order valence-electron chi connectivity index (χ4n) is 3.19. The molecule has 31 heavy (non-hydrogen) atoms. The molecule has 180 valence electrons. The summed E-state index contributed by atoms with van der Waals surface area (Å²) in [5, 5.41) is 74.6. The first-order chi connectivity index (χ1) is 14.6. The van der Waals surface area contributed by atoms with E-state index in [2.05, 4.69) is 10.6 Å². The summed E-state index contributed by atoms with van der Waals surface area (Å²) < 4.78 is 15.9.